The van der Waals surface area contributed by atoms with E-state index in [-0.39, 0.29) is 43.6 Å². The zero-order valence-electron chi connectivity index (χ0n) is 23.8. The summed E-state index contributed by atoms with van der Waals surface area (Å²) >= 11 is 0. The number of aliphatic hydroxyl groups is 1. The number of nitrogens with zero attached hydrogens (tertiary/aromatic N) is 4. The molecule has 3 N–H and O–H groups in total. The average Bonchev–Trinajstić information content (AvgIpc) is 3.01. The van der Waals surface area contributed by atoms with Crippen LogP contribution in [0.4, 0.5) is 5.82 Å². The molecule has 13 heteroatoms. The topological polar surface area (TPSA) is 146 Å². The molecule has 2 saturated heterocycles. The minimum absolute atomic E-state index is 0.0301. The van der Waals surface area contributed by atoms with Crippen LogP contribution in [-0.2, 0) is 18.4 Å². The van der Waals surface area contributed by atoms with Gasteiger partial charge in [0.15, 0.2) is 5.82 Å². The zero-order valence-corrected chi connectivity index (χ0v) is 24.7. The largest absolute Gasteiger partial charge is 0.394 e. The molecule has 0 radical (unpaired) electrons. The van der Waals surface area contributed by atoms with Crippen LogP contribution in [0, 0.1) is 0 Å². The number of hydrogen-bond donors (Lipinski definition) is 3. The summed E-state index contributed by atoms with van der Waals surface area (Å²) in [7, 11) is -3.68. The van der Waals surface area contributed by atoms with Crippen molar-refractivity contribution in [2.75, 3.05) is 63.6 Å². The number of carbonyl (C=O) groups excluding carboxylic acids is 2. The van der Waals surface area contributed by atoms with Crippen LogP contribution >= 0.6 is 7.60 Å². The van der Waals surface area contributed by atoms with E-state index in [4.69, 9.17) is 14.0 Å². The summed E-state index contributed by atoms with van der Waals surface area (Å²) in [6, 6.07) is 9.65. The molecule has 2 aromatic rings. The van der Waals surface area contributed by atoms with Crippen LogP contribution in [0.25, 0.3) is 11.4 Å². The molecule has 2 amide bonds. The third-order valence-electron chi connectivity index (χ3n) is 7.20. The predicted octanol–water partition coefficient (Wildman–Crippen LogP) is 2.29. The molecule has 2 aliphatic heterocycles. The van der Waals surface area contributed by atoms with Gasteiger partial charge in [0.2, 0.25) is 5.91 Å². The highest BCUT2D eigenvalue weighted by molar-refractivity contribution is 7.54. The van der Waals surface area contributed by atoms with Crippen LogP contribution < -0.4 is 15.5 Å². The second-order valence-electron chi connectivity index (χ2n) is 10.1. The number of piperazine rings is 1. The van der Waals surface area contributed by atoms with Crippen molar-refractivity contribution in [3.05, 3.63) is 42.1 Å². The van der Waals surface area contributed by atoms with Gasteiger partial charge in [-0.15, -0.1) is 0 Å². The number of aliphatic hydroxyl groups excluding tert-OH is 1. The Hall–Kier alpha value is -2.89. The lowest BCUT2D eigenvalue weighted by atomic mass is 10.0. The molecule has 1 aromatic heterocycles. The highest BCUT2D eigenvalue weighted by Gasteiger charge is 2.36. The van der Waals surface area contributed by atoms with Gasteiger partial charge < -0.3 is 34.6 Å². The van der Waals surface area contributed by atoms with Gasteiger partial charge in [-0.3, -0.25) is 14.2 Å². The van der Waals surface area contributed by atoms with Crippen molar-refractivity contribution in [2.45, 2.75) is 45.2 Å². The third kappa shape index (κ3) is 8.11. The molecule has 0 bridgehead atoms. The maximum atomic E-state index is 13.8. The van der Waals surface area contributed by atoms with E-state index in [1.54, 1.807) is 24.8 Å². The Labute approximate surface area is 241 Å². The first kappa shape index (κ1) is 31.1. The van der Waals surface area contributed by atoms with E-state index < -0.39 is 19.5 Å². The van der Waals surface area contributed by atoms with Gasteiger partial charge in [0, 0.05) is 44.4 Å². The van der Waals surface area contributed by atoms with Gasteiger partial charge >= 0.3 is 7.60 Å². The van der Waals surface area contributed by atoms with Crippen LogP contribution in [0.15, 0.2) is 36.4 Å². The number of carbonyl (C=O) groups is 2. The van der Waals surface area contributed by atoms with Crippen LogP contribution in [-0.4, -0.2) is 103 Å². The van der Waals surface area contributed by atoms with Crippen LogP contribution in [0.2, 0.25) is 0 Å². The summed E-state index contributed by atoms with van der Waals surface area (Å²) in [5, 5.41) is 16.0. The fraction of sp³-hybridized carbons (Fsp3) is 0.571. The highest BCUT2D eigenvalue weighted by atomic mass is 31.2. The maximum Gasteiger partial charge on any atom is 0.333 e. The Kier molecular flexibility index (Phi) is 11.2. The molecule has 3 heterocycles. The standard InChI is InChI=1S/C28H41N6O6P/c1-3-39-41(38,40-4-2)20-24(28(37)33-16-13-29-14-17-33)31-27(36)23-18-25(34-15-9-8-12-22(34)19-35)32-26(30-23)21-10-6-5-7-11-21/h5-7,10-11,18,22,24,29,35H,3-4,8-9,12-17,19-20H2,1-2H3,(H,31,36). The Morgan fingerprint density at radius 3 is 2.46 bits per heavy atom. The first-order chi connectivity index (χ1) is 19.9. The van der Waals surface area contributed by atoms with Gasteiger partial charge in [-0.25, -0.2) is 9.97 Å². The van der Waals surface area contributed by atoms with Crippen molar-refractivity contribution in [3.8, 4) is 11.4 Å². The fourth-order valence-corrected chi connectivity index (χ4v) is 6.96. The van der Waals surface area contributed by atoms with E-state index in [0.29, 0.717) is 44.4 Å². The van der Waals surface area contributed by atoms with E-state index in [2.05, 4.69) is 15.6 Å². The lowest BCUT2D eigenvalue weighted by Gasteiger charge is -2.35. The van der Waals surface area contributed by atoms with E-state index >= 15 is 0 Å². The molecule has 12 nitrogen and oxygen atoms in total. The molecule has 2 fully saturated rings. The molecular weight excluding hydrogens is 547 g/mol. The molecule has 0 spiro atoms. The number of amides is 2. The van der Waals surface area contributed by atoms with Crippen LogP contribution in [0.5, 0.6) is 0 Å². The van der Waals surface area contributed by atoms with Crippen molar-refractivity contribution in [1.29, 1.82) is 0 Å². The minimum Gasteiger partial charge on any atom is -0.394 e. The van der Waals surface area contributed by atoms with Gasteiger partial charge in [0.25, 0.3) is 5.91 Å². The Bertz CT molecular complexity index is 1200. The van der Waals surface area contributed by atoms with Crippen LogP contribution in [0.3, 0.4) is 0 Å². The SMILES string of the molecule is CCOP(=O)(CC(NC(=O)c1cc(N2CCCCC2CO)nc(-c2ccccc2)n1)C(=O)N1CCNCC1)OCC. The van der Waals surface area contributed by atoms with Crippen molar-refractivity contribution in [2.24, 2.45) is 0 Å². The molecule has 4 rings (SSSR count). The minimum atomic E-state index is -3.68. The number of aromatic nitrogens is 2. The summed E-state index contributed by atoms with van der Waals surface area (Å²) < 4.78 is 24.4. The average molecular weight is 589 g/mol. The van der Waals surface area contributed by atoms with Gasteiger partial charge in [-0.2, -0.15) is 0 Å². The Morgan fingerprint density at radius 2 is 1.80 bits per heavy atom. The summed E-state index contributed by atoms with van der Waals surface area (Å²) in [6.45, 7) is 6.51. The van der Waals surface area contributed by atoms with Crippen molar-refractivity contribution in [1.82, 2.24) is 25.5 Å². The molecule has 0 aliphatic carbocycles. The molecule has 2 unspecified atom stereocenters. The van der Waals surface area contributed by atoms with E-state index in [0.717, 1.165) is 24.8 Å². The number of nitrogens with one attached hydrogen (secondary N) is 2. The number of hydrogen-bond acceptors (Lipinski definition) is 10. The maximum absolute atomic E-state index is 13.8. The Morgan fingerprint density at radius 1 is 1.10 bits per heavy atom. The second kappa shape index (κ2) is 14.8. The lowest BCUT2D eigenvalue weighted by Crippen LogP contribution is -2.55. The number of rotatable bonds is 12. The summed E-state index contributed by atoms with van der Waals surface area (Å²) in [4.78, 5) is 40.4. The molecular formula is C28H41N6O6P. The summed E-state index contributed by atoms with van der Waals surface area (Å²) in [5.74, 6) is -0.0679. The van der Waals surface area contributed by atoms with Crippen molar-refractivity contribution < 1.29 is 28.3 Å². The first-order valence-electron chi connectivity index (χ1n) is 14.4. The fourth-order valence-electron chi connectivity index (χ4n) is 5.19. The van der Waals surface area contributed by atoms with E-state index in [9.17, 15) is 19.3 Å². The van der Waals surface area contributed by atoms with Crippen LogP contribution in [0.1, 0.15) is 43.6 Å². The molecule has 224 valence electrons. The third-order valence-corrected chi connectivity index (χ3v) is 9.31. The predicted molar refractivity (Wildman–Crippen MR) is 156 cm³/mol. The molecule has 1 aromatic carbocycles. The van der Waals surface area contributed by atoms with Gasteiger partial charge in [0.05, 0.1) is 32.0 Å². The molecule has 0 saturated carbocycles. The highest BCUT2D eigenvalue weighted by Crippen LogP contribution is 2.48. The zero-order chi connectivity index (χ0) is 29.2. The van der Waals surface area contributed by atoms with Gasteiger partial charge in [-0.05, 0) is 33.1 Å². The normalized spacial score (nSPS) is 18.7. The van der Waals surface area contributed by atoms with Crippen molar-refractivity contribution in [3.63, 3.8) is 0 Å². The summed E-state index contributed by atoms with van der Waals surface area (Å²) in [5.41, 5.74) is 0.795. The second-order valence-corrected chi connectivity index (χ2v) is 12.2. The smallest absolute Gasteiger partial charge is 0.333 e. The molecule has 2 aliphatic rings. The van der Waals surface area contributed by atoms with Gasteiger partial charge in [0.1, 0.15) is 17.6 Å². The Balaban J connectivity index is 1.68. The number of piperidine rings is 1. The summed E-state index contributed by atoms with van der Waals surface area (Å²) in [6.07, 6.45) is 2.45. The number of anilines is 1. The van der Waals surface area contributed by atoms with Crippen molar-refractivity contribution >= 4 is 25.2 Å². The van der Waals surface area contributed by atoms with E-state index in [1.807, 2.05) is 35.2 Å². The monoisotopic (exact) mass is 588 g/mol. The van der Waals surface area contributed by atoms with E-state index in [1.165, 1.54) is 0 Å². The molecule has 2 atom stereocenters. The quantitative estimate of drug-likeness (QED) is 0.316. The molecule has 41 heavy (non-hydrogen) atoms. The number of benzene rings is 1. The lowest BCUT2D eigenvalue weighted by molar-refractivity contribution is -0.133. The first-order valence-corrected chi connectivity index (χ1v) is 16.1. The van der Waals surface area contributed by atoms with Gasteiger partial charge in [-0.1, -0.05) is 30.3 Å².